The molecule has 2 heterocycles. The van der Waals surface area contributed by atoms with Gasteiger partial charge in [-0.2, -0.15) is 0 Å². The van der Waals surface area contributed by atoms with Crippen LogP contribution in [0.3, 0.4) is 0 Å². The zero-order valence-electron chi connectivity index (χ0n) is 23.4. The summed E-state index contributed by atoms with van der Waals surface area (Å²) in [6, 6.07) is 22.5. The zero-order valence-corrected chi connectivity index (χ0v) is 24.1. The number of hydrogen-bond acceptors (Lipinski definition) is 4. The lowest BCUT2D eigenvalue weighted by Crippen LogP contribution is -2.40. The highest BCUT2D eigenvalue weighted by molar-refractivity contribution is 6.31. The predicted octanol–water partition coefficient (Wildman–Crippen LogP) is 6.49. The Balaban J connectivity index is 1.59. The number of amides is 1. The number of likely N-dealkylation sites (tertiary alicyclic amines) is 1. The molecule has 1 atom stereocenters. The van der Waals surface area contributed by atoms with Crippen LogP contribution < -0.4 is 5.56 Å². The molecule has 0 bridgehead atoms. The van der Waals surface area contributed by atoms with E-state index in [0.29, 0.717) is 46.8 Å². The van der Waals surface area contributed by atoms with Gasteiger partial charge in [0.25, 0.3) is 11.5 Å². The molecular formula is C33H37ClN4O2. The second-order valence-electron chi connectivity index (χ2n) is 10.7. The van der Waals surface area contributed by atoms with Crippen molar-refractivity contribution in [2.75, 3.05) is 26.2 Å². The monoisotopic (exact) mass is 556 g/mol. The van der Waals surface area contributed by atoms with Gasteiger partial charge in [0.15, 0.2) is 0 Å². The van der Waals surface area contributed by atoms with Crippen molar-refractivity contribution in [1.82, 2.24) is 19.4 Å². The van der Waals surface area contributed by atoms with Crippen molar-refractivity contribution in [3.8, 4) is 0 Å². The fourth-order valence-electron chi connectivity index (χ4n) is 5.66. The number of aryl methyl sites for hydroxylation is 1. The second-order valence-corrected chi connectivity index (χ2v) is 11.1. The number of aromatic nitrogens is 2. The number of nitrogens with zero attached hydrogens (tertiary/aromatic N) is 4. The van der Waals surface area contributed by atoms with Gasteiger partial charge in [-0.05, 0) is 88.1 Å². The van der Waals surface area contributed by atoms with Gasteiger partial charge in [0.05, 0.1) is 23.5 Å². The van der Waals surface area contributed by atoms with Crippen LogP contribution in [0.5, 0.6) is 0 Å². The molecule has 0 spiro atoms. The molecule has 0 saturated carbocycles. The van der Waals surface area contributed by atoms with Crippen LogP contribution in [-0.4, -0.2) is 51.4 Å². The smallest absolute Gasteiger partial charge is 0.261 e. The summed E-state index contributed by atoms with van der Waals surface area (Å²) in [5.74, 6) is 0.549. The largest absolute Gasteiger partial charge is 0.328 e. The van der Waals surface area contributed by atoms with Crippen LogP contribution in [0.15, 0.2) is 77.6 Å². The van der Waals surface area contributed by atoms with E-state index in [9.17, 15) is 9.59 Å². The lowest BCUT2D eigenvalue weighted by molar-refractivity contribution is 0.0648. The minimum absolute atomic E-state index is 0.0417. The van der Waals surface area contributed by atoms with Crippen molar-refractivity contribution in [3.63, 3.8) is 0 Å². The van der Waals surface area contributed by atoms with E-state index in [2.05, 4.69) is 11.8 Å². The highest BCUT2D eigenvalue weighted by Gasteiger charge is 2.29. The van der Waals surface area contributed by atoms with Crippen LogP contribution in [-0.2, 0) is 6.54 Å². The van der Waals surface area contributed by atoms with Crippen molar-refractivity contribution in [2.45, 2.75) is 52.1 Å². The minimum atomic E-state index is -0.382. The summed E-state index contributed by atoms with van der Waals surface area (Å²) in [6.45, 7) is 8.21. The average molecular weight is 557 g/mol. The number of hydrogen-bond donors (Lipinski definition) is 0. The molecule has 1 aromatic heterocycles. The SMILES string of the molecule is CCC(c1nc2cc(Cl)ccc2c(=O)n1Cc1ccccc1)N(CCCN1CCCC1)C(=O)c1ccc(C)cc1. The molecule has 1 saturated heterocycles. The van der Waals surface area contributed by atoms with Gasteiger partial charge in [-0.15, -0.1) is 0 Å². The highest BCUT2D eigenvalue weighted by atomic mass is 35.5. The van der Waals surface area contributed by atoms with Gasteiger partial charge in [-0.25, -0.2) is 4.98 Å². The highest BCUT2D eigenvalue weighted by Crippen LogP contribution is 2.28. The van der Waals surface area contributed by atoms with Crippen molar-refractivity contribution >= 4 is 28.4 Å². The summed E-state index contributed by atoms with van der Waals surface area (Å²) in [6.07, 6.45) is 3.95. The van der Waals surface area contributed by atoms with Crippen LogP contribution in [0.1, 0.15) is 66.0 Å². The second kappa shape index (κ2) is 12.8. The summed E-state index contributed by atoms with van der Waals surface area (Å²) < 4.78 is 1.75. The Morgan fingerprint density at radius 3 is 2.45 bits per heavy atom. The first-order valence-electron chi connectivity index (χ1n) is 14.3. The Bertz CT molecular complexity index is 1510. The predicted molar refractivity (Wildman–Crippen MR) is 162 cm³/mol. The van der Waals surface area contributed by atoms with Gasteiger partial charge in [0, 0.05) is 17.1 Å². The topological polar surface area (TPSA) is 58.4 Å². The lowest BCUT2D eigenvalue weighted by atomic mass is 10.1. The maximum Gasteiger partial charge on any atom is 0.261 e. The van der Waals surface area contributed by atoms with Gasteiger partial charge in [0.2, 0.25) is 0 Å². The number of benzene rings is 3. The van der Waals surface area contributed by atoms with Gasteiger partial charge in [-0.3, -0.25) is 14.2 Å². The average Bonchev–Trinajstić information content (AvgIpc) is 3.48. The van der Waals surface area contributed by atoms with E-state index in [1.54, 1.807) is 22.8 Å². The summed E-state index contributed by atoms with van der Waals surface area (Å²) in [7, 11) is 0. The number of fused-ring (bicyclic) bond motifs is 1. The standard InChI is InChI=1S/C33H37ClN4O2/c1-3-30(37(21-9-20-36-18-7-8-19-36)32(39)26-14-12-24(2)13-15-26)31-35-29-22-27(34)16-17-28(29)33(40)38(31)23-25-10-5-4-6-11-25/h4-6,10-17,22,30H,3,7-9,18-21,23H2,1-2H3. The van der Waals surface area contributed by atoms with Gasteiger partial charge < -0.3 is 9.80 Å². The maximum absolute atomic E-state index is 14.1. The minimum Gasteiger partial charge on any atom is -0.328 e. The molecule has 5 rings (SSSR count). The van der Waals surface area contributed by atoms with E-state index in [0.717, 1.165) is 37.2 Å². The molecule has 0 aliphatic carbocycles. The van der Waals surface area contributed by atoms with Crippen molar-refractivity contribution in [2.24, 2.45) is 0 Å². The summed E-state index contributed by atoms with van der Waals surface area (Å²) in [5.41, 5.74) is 3.18. The molecule has 0 radical (unpaired) electrons. The Morgan fingerprint density at radius 1 is 1.02 bits per heavy atom. The Hall–Kier alpha value is -3.48. The van der Waals surface area contributed by atoms with Crippen molar-refractivity contribution < 1.29 is 4.79 Å². The molecule has 3 aromatic carbocycles. The van der Waals surface area contributed by atoms with E-state index >= 15 is 0 Å². The van der Waals surface area contributed by atoms with Crippen LogP contribution in [0, 0.1) is 6.92 Å². The van der Waals surface area contributed by atoms with Gasteiger partial charge in [0.1, 0.15) is 5.82 Å². The molecule has 7 heteroatoms. The van der Waals surface area contributed by atoms with Crippen molar-refractivity contribution in [3.05, 3.63) is 111 Å². The summed E-state index contributed by atoms with van der Waals surface area (Å²) in [4.78, 5) is 37.5. The van der Waals surface area contributed by atoms with Crippen LogP contribution in [0.2, 0.25) is 5.02 Å². The lowest BCUT2D eigenvalue weighted by Gasteiger charge is -2.33. The number of carbonyl (C=O) groups excluding carboxylic acids is 1. The molecule has 1 amide bonds. The van der Waals surface area contributed by atoms with Crippen LogP contribution in [0.4, 0.5) is 0 Å². The fraction of sp³-hybridized carbons (Fsp3) is 0.364. The van der Waals surface area contributed by atoms with E-state index < -0.39 is 0 Å². The number of rotatable bonds is 10. The van der Waals surface area contributed by atoms with E-state index in [1.807, 2.05) is 66.4 Å². The van der Waals surface area contributed by atoms with Crippen molar-refractivity contribution in [1.29, 1.82) is 0 Å². The number of carbonyl (C=O) groups is 1. The first kappa shape index (κ1) is 28.1. The zero-order chi connectivity index (χ0) is 28.1. The molecule has 1 fully saturated rings. The molecular weight excluding hydrogens is 520 g/mol. The van der Waals surface area contributed by atoms with Crippen LogP contribution in [0.25, 0.3) is 10.9 Å². The molecule has 4 aromatic rings. The fourth-order valence-corrected chi connectivity index (χ4v) is 5.83. The first-order valence-corrected chi connectivity index (χ1v) is 14.7. The first-order chi connectivity index (χ1) is 19.4. The third-order valence-electron chi connectivity index (χ3n) is 7.82. The van der Waals surface area contributed by atoms with E-state index in [1.165, 1.54) is 12.8 Å². The molecule has 208 valence electrons. The van der Waals surface area contributed by atoms with E-state index in [4.69, 9.17) is 16.6 Å². The summed E-state index contributed by atoms with van der Waals surface area (Å²) >= 11 is 6.32. The molecule has 6 nitrogen and oxygen atoms in total. The van der Waals surface area contributed by atoms with Crippen LogP contribution >= 0.6 is 11.6 Å². The van der Waals surface area contributed by atoms with Gasteiger partial charge >= 0.3 is 0 Å². The molecule has 40 heavy (non-hydrogen) atoms. The molecule has 1 aliphatic heterocycles. The Morgan fingerprint density at radius 2 is 1.75 bits per heavy atom. The quantitative estimate of drug-likeness (QED) is 0.224. The molecule has 1 unspecified atom stereocenters. The van der Waals surface area contributed by atoms with Gasteiger partial charge in [-0.1, -0.05) is 66.6 Å². The Labute approximate surface area is 241 Å². The third-order valence-corrected chi connectivity index (χ3v) is 8.06. The maximum atomic E-state index is 14.1. The Kier molecular flexibility index (Phi) is 8.98. The molecule has 1 aliphatic rings. The van der Waals surface area contributed by atoms with E-state index in [-0.39, 0.29) is 17.5 Å². The molecule has 0 N–H and O–H groups in total. The summed E-state index contributed by atoms with van der Waals surface area (Å²) in [5, 5.41) is 1.04. The number of halogens is 1. The normalized spacial score (nSPS) is 14.5. The third kappa shape index (κ3) is 6.29.